The van der Waals surface area contributed by atoms with Gasteiger partial charge in [-0.25, -0.2) is 9.59 Å². The van der Waals surface area contributed by atoms with Crippen LogP contribution in [0.25, 0.3) is 0 Å². The number of methoxy groups -OCH3 is 1. The van der Waals surface area contributed by atoms with E-state index in [1.54, 1.807) is 0 Å². The Morgan fingerprint density at radius 2 is 2.00 bits per heavy atom. The number of β-lactam (4-membered cyclic amide) rings is 1. The van der Waals surface area contributed by atoms with Crippen molar-refractivity contribution < 1.29 is 33.7 Å². The number of nitrogens with zero attached hydrogens (tertiary/aromatic N) is 2. The Labute approximate surface area is 154 Å². The van der Waals surface area contributed by atoms with Gasteiger partial charge in [0.05, 0.1) is 19.2 Å². The van der Waals surface area contributed by atoms with Gasteiger partial charge in [0.2, 0.25) is 5.88 Å². The molecule has 0 aliphatic carbocycles. The number of ether oxygens (including phenoxy) is 3. The lowest BCUT2D eigenvalue weighted by atomic mass is 9.85. The molecular weight excluding hydrogens is 356 g/mol. The predicted molar refractivity (Wildman–Crippen MR) is 89.2 cm³/mol. The van der Waals surface area contributed by atoms with E-state index in [1.165, 1.54) is 9.80 Å². The van der Waals surface area contributed by atoms with E-state index in [2.05, 4.69) is 4.74 Å². The number of rotatable bonds is 3. The van der Waals surface area contributed by atoms with E-state index in [-0.39, 0.29) is 30.7 Å². The molecule has 2 fully saturated rings. The van der Waals surface area contributed by atoms with Crippen LogP contribution < -0.4 is 0 Å². The smallest absolute Gasteiger partial charge is 0.507 e. The van der Waals surface area contributed by atoms with Crippen LogP contribution in [0.15, 0.2) is 42.0 Å². The molecule has 0 spiro atoms. The second-order valence-electron chi connectivity index (χ2n) is 6.48. The predicted octanol–water partition coefficient (Wildman–Crippen LogP) is 2.06. The van der Waals surface area contributed by atoms with Crippen LogP contribution in [0.1, 0.15) is 24.4 Å². The Morgan fingerprint density at radius 3 is 2.70 bits per heavy atom. The number of hydrogen-bond acceptors (Lipinski definition) is 7. The van der Waals surface area contributed by atoms with Gasteiger partial charge < -0.3 is 19.3 Å². The van der Waals surface area contributed by atoms with E-state index >= 15 is 0 Å². The lowest BCUT2D eigenvalue weighted by molar-refractivity contribution is -0.161. The molecule has 142 valence electrons. The SMILES string of the molecule is COC(=O)OC1=C(O)CC[C@@H]2[C@H](N3C(=O)OC[C@@H]3c3ccccc3)C(=O)N12. The van der Waals surface area contributed by atoms with Crippen LogP contribution in [0.5, 0.6) is 0 Å². The number of carbonyl (C=O) groups is 3. The summed E-state index contributed by atoms with van der Waals surface area (Å²) in [5.74, 6) is -0.875. The molecule has 0 unspecified atom stereocenters. The van der Waals surface area contributed by atoms with Gasteiger partial charge in [0.25, 0.3) is 5.91 Å². The second kappa shape index (κ2) is 6.49. The van der Waals surface area contributed by atoms with E-state index in [0.717, 1.165) is 12.7 Å². The van der Waals surface area contributed by atoms with Crippen LogP contribution in [-0.2, 0) is 19.0 Å². The number of cyclic esters (lactones) is 1. The topological polar surface area (TPSA) is 106 Å². The molecule has 3 heterocycles. The molecule has 1 aromatic carbocycles. The first-order valence-electron chi connectivity index (χ1n) is 8.54. The minimum atomic E-state index is -1.03. The Hall–Kier alpha value is -3.23. The first-order chi connectivity index (χ1) is 13.0. The standard InChI is InChI=1S/C18H18N2O7/c1-25-18(24)27-16-13(21)8-7-11-14(15(22)20(11)16)19-12(9-26-17(19)23)10-5-3-2-4-6-10/h2-6,11-12,14,21H,7-9H2,1H3/t11-,12-,14+/m1/s1. The number of allylic oxidation sites excluding steroid dienone is 1. The Kier molecular flexibility index (Phi) is 4.14. The molecule has 0 saturated carbocycles. The summed E-state index contributed by atoms with van der Waals surface area (Å²) in [6.45, 7) is 0.159. The van der Waals surface area contributed by atoms with E-state index in [9.17, 15) is 19.5 Å². The summed E-state index contributed by atoms with van der Waals surface area (Å²) in [6.07, 6.45) is -0.940. The van der Waals surface area contributed by atoms with Crippen LogP contribution in [0, 0.1) is 0 Å². The number of amides is 2. The fourth-order valence-electron chi connectivity index (χ4n) is 3.80. The molecule has 4 rings (SSSR count). The van der Waals surface area contributed by atoms with Crippen molar-refractivity contribution in [1.29, 1.82) is 0 Å². The normalized spacial score (nSPS) is 27.1. The lowest BCUT2D eigenvalue weighted by Crippen LogP contribution is -2.71. The Bertz CT molecular complexity index is 822. The average Bonchev–Trinajstić information content (AvgIpc) is 3.05. The maximum atomic E-state index is 12.8. The highest BCUT2D eigenvalue weighted by Gasteiger charge is 2.59. The van der Waals surface area contributed by atoms with Gasteiger partial charge in [0.15, 0.2) is 5.76 Å². The molecule has 3 atom stereocenters. The van der Waals surface area contributed by atoms with E-state index in [0.29, 0.717) is 6.42 Å². The van der Waals surface area contributed by atoms with Gasteiger partial charge in [0, 0.05) is 6.42 Å². The van der Waals surface area contributed by atoms with Gasteiger partial charge in [-0.2, -0.15) is 0 Å². The average molecular weight is 374 g/mol. The van der Waals surface area contributed by atoms with Crippen molar-refractivity contribution in [3.05, 3.63) is 47.5 Å². The minimum absolute atomic E-state index is 0.159. The second-order valence-corrected chi connectivity index (χ2v) is 6.48. The van der Waals surface area contributed by atoms with Gasteiger partial charge in [0.1, 0.15) is 12.6 Å². The van der Waals surface area contributed by atoms with Crippen molar-refractivity contribution in [2.75, 3.05) is 13.7 Å². The lowest BCUT2D eigenvalue weighted by Gasteiger charge is -2.52. The molecule has 0 bridgehead atoms. The molecule has 3 aliphatic heterocycles. The van der Waals surface area contributed by atoms with Gasteiger partial charge in [-0.3, -0.25) is 14.6 Å². The zero-order valence-corrected chi connectivity index (χ0v) is 14.5. The number of benzene rings is 1. The third kappa shape index (κ3) is 2.66. The fourth-order valence-corrected chi connectivity index (χ4v) is 3.80. The molecular formula is C18H18N2O7. The highest BCUT2D eigenvalue weighted by Crippen LogP contribution is 2.43. The van der Waals surface area contributed by atoms with Crippen LogP contribution in [0.3, 0.4) is 0 Å². The maximum Gasteiger partial charge on any atom is 0.514 e. The molecule has 9 nitrogen and oxygen atoms in total. The number of aliphatic hydroxyl groups excluding tert-OH is 1. The minimum Gasteiger partial charge on any atom is -0.507 e. The summed E-state index contributed by atoms with van der Waals surface area (Å²) in [5, 5.41) is 10.0. The summed E-state index contributed by atoms with van der Waals surface area (Å²) in [5.41, 5.74) is 0.870. The molecule has 2 saturated heterocycles. The molecule has 0 radical (unpaired) electrons. The number of carbonyl (C=O) groups excluding carboxylic acids is 3. The summed E-state index contributed by atoms with van der Waals surface area (Å²) in [7, 11) is 1.13. The zero-order chi connectivity index (χ0) is 19.1. The fraction of sp³-hybridized carbons (Fsp3) is 0.389. The number of aliphatic hydroxyl groups is 1. The van der Waals surface area contributed by atoms with Crippen LogP contribution in [0.4, 0.5) is 9.59 Å². The highest BCUT2D eigenvalue weighted by molar-refractivity contribution is 5.94. The molecule has 3 aliphatic rings. The van der Waals surface area contributed by atoms with Crippen molar-refractivity contribution in [2.24, 2.45) is 0 Å². The van der Waals surface area contributed by atoms with Crippen molar-refractivity contribution in [3.63, 3.8) is 0 Å². The zero-order valence-electron chi connectivity index (χ0n) is 14.5. The van der Waals surface area contributed by atoms with Crippen LogP contribution in [0.2, 0.25) is 0 Å². The summed E-state index contributed by atoms with van der Waals surface area (Å²) in [4.78, 5) is 39.2. The van der Waals surface area contributed by atoms with Gasteiger partial charge in [-0.1, -0.05) is 30.3 Å². The van der Waals surface area contributed by atoms with Crippen molar-refractivity contribution >= 4 is 18.2 Å². The van der Waals surface area contributed by atoms with Gasteiger partial charge in [-0.15, -0.1) is 0 Å². The molecule has 27 heavy (non-hydrogen) atoms. The largest absolute Gasteiger partial charge is 0.514 e. The van der Waals surface area contributed by atoms with Gasteiger partial charge >= 0.3 is 12.2 Å². The van der Waals surface area contributed by atoms with Gasteiger partial charge in [-0.05, 0) is 12.0 Å². The Morgan fingerprint density at radius 1 is 1.26 bits per heavy atom. The van der Waals surface area contributed by atoms with E-state index in [1.807, 2.05) is 30.3 Å². The van der Waals surface area contributed by atoms with Crippen LogP contribution >= 0.6 is 0 Å². The summed E-state index contributed by atoms with van der Waals surface area (Å²) >= 11 is 0. The first kappa shape index (κ1) is 17.2. The summed E-state index contributed by atoms with van der Waals surface area (Å²) < 4.78 is 14.6. The molecule has 1 aromatic rings. The molecule has 2 amide bonds. The quantitative estimate of drug-likeness (QED) is 0.638. The molecule has 9 heteroatoms. The van der Waals surface area contributed by atoms with Crippen molar-refractivity contribution in [2.45, 2.75) is 31.0 Å². The van der Waals surface area contributed by atoms with E-state index in [4.69, 9.17) is 9.47 Å². The van der Waals surface area contributed by atoms with Crippen molar-refractivity contribution in [3.8, 4) is 0 Å². The third-order valence-corrected chi connectivity index (χ3v) is 5.07. The monoisotopic (exact) mass is 374 g/mol. The first-order valence-corrected chi connectivity index (χ1v) is 8.54. The van der Waals surface area contributed by atoms with E-state index < -0.39 is 30.2 Å². The van der Waals surface area contributed by atoms with Crippen LogP contribution in [-0.4, -0.2) is 58.9 Å². The Balaban J connectivity index is 1.60. The molecule has 0 aromatic heterocycles. The summed E-state index contributed by atoms with van der Waals surface area (Å²) in [6, 6.07) is 7.80. The number of hydrogen-bond donors (Lipinski definition) is 1. The third-order valence-electron chi connectivity index (χ3n) is 5.07. The van der Waals surface area contributed by atoms with Crippen molar-refractivity contribution in [1.82, 2.24) is 9.80 Å². The molecule has 1 N–H and O–H groups in total. The highest BCUT2D eigenvalue weighted by atomic mass is 16.7. The number of fused-ring (bicyclic) bond motifs is 1. The maximum absolute atomic E-state index is 12.8.